The first kappa shape index (κ1) is 18.9. The van der Waals surface area contributed by atoms with Gasteiger partial charge in [0.25, 0.3) is 11.8 Å². The van der Waals surface area contributed by atoms with Crippen LogP contribution in [0.2, 0.25) is 5.02 Å². The van der Waals surface area contributed by atoms with E-state index in [2.05, 4.69) is 15.6 Å². The zero-order chi connectivity index (χ0) is 19.4. The molecule has 1 heterocycles. The predicted octanol–water partition coefficient (Wildman–Crippen LogP) is 4.62. The molecule has 8 heteroatoms. The van der Waals surface area contributed by atoms with Gasteiger partial charge in [-0.3, -0.25) is 14.9 Å². The number of hydrogen-bond acceptors (Lipinski definition) is 5. The van der Waals surface area contributed by atoms with Gasteiger partial charge >= 0.3 is 0 Å². The van der Waals surface area contributed by atoms with E-state index < -0.39 is 5.91 Å². The Labute approximate surface area is 165 Å². The van der Waals surface area contributed by atoms with E-state index in [1.165, 1.54) is 30.6 Å². The molecule has 0 unspecified atom stereocenters. The van der Waals surface area contributed by atoms with Crippen molar-refractivity contribution < 1.29 is 14.3 Å². The molecular formula is C19H16ClN3O3S. The fraction of sp³-hybridized carbons (Fsp3) is 0.105. The molecular weight excluding hydrogens is 386 g/mol. The second-order valence-corrected chi connectivity index (χ2v) is 6.89. The van der Waals surface area contributed by atoms with Crippen LogP contribution in [0.15, 0.2) is 48.0 Å². The summed E-state index contributed by atoms with van der Waals surface area (Å²) in [6, 6.07) is 10.2. The molecule has 0 atom stereocenters. The van der Waals surface area contributed by atoms with Crippen LogP contribution in [0.1, 0.15) is 26.3 Å². The summed E-state index contributed by atoms with van der Waals surface area (Å²) in [7, 11) is 1.44. The Hall–Kier alpha value is -2.90. The Bertz CT molecular complexity index is 990. The number of carbonyl (C=O) groups excluding carboxylic acids is 2. The number of carbonyl (C=O) groups is 2. The summed E-state index contributed by atoms with van der Waals surface area (Å²) in [6.07, 6.45) is 1.59. The quantitative estimate of drug-likeness (QED) is 0.653. The van der Waals surface area contributed by atoms with Crippen molar-refractivity contribution in [1.29, 1.82) is 0 Å². The normalized spacial score (nSPS) is 10.3. The topological polar surface area (TPSA) is 80.3 Å². The number of nitrogens with one attached hydrogen (secondary N) is 2. The first-order chi connectivity index (χ1) is 13.0. The molecule has 27 heavy (non-hydrogen) atoms. The van der Waals surface area contributed by atoms with Crippen molar-refractivity contribution in [2.24, 2.45) is 0 Å². The number of hydrogen-bond donors (Lipinski definition) is 2. The van der Waals surface area contributed by atoms with Gasteiger partial charge in [-0.1, -0.05) is 29.8 Å². The smallest absolute Gasteiger partial charge is 0.261 e. The van der Waals surface area contributed by atoms with Crippen molar-refractivity contribution in [1.82, 2.24) is 4.98 Å². The Morgan fingerprint density at radius 3 is 2.52 bits per heavy atom. The van der Waals surface area contributed by atoms with Crippen LogP contribution < -0.4 is 15.4 Å². The van der Waals surface area contributed by atoms with Crippen LogP contribution in [0.3, 0.4) is 0 Å². The molecule has 2 N–H and O–H groups in total. The molecule has 6 nitrogen and oxygen atoms in total. The van der Waals surface area contributed by atoms with Crippen molar-refractivity contribution in [2.45, 2.75) is 6.92 Å². The zero-order valence-electron chi connectivity index (χ0n) is 14.6. The summed E-state index contributed by atoms with van der Waals surface area (Å²) in [4.78, 5) is 29.0. The number of anilines is 2. The van der Waals surface area contributed by atoms with E-state index in [0.717, 1.165) is 5.56 Å². The number of aryl methyl sites for hydroxylation is 1. The highest BCUT2D eigenvalue weighted by atomic mass is 35.5. The molecule has 1 aromatic heterocycles. The number of methoxy groups -OCH3 is 1. The Balaban J connectivity index is 1.86. The lowest BCUT2D eigenvalue weighted by molar-refractivity contribution is 0.101. The number of rotatable bonds is 5. The third-order valence-electron chi connectivity index (χ3n) is 3.82. The van der Waals surface area contributed by atoms with Crippen LogP contribution in [-0.2, 0) is 0 Å². The first-order valence-corrected chi connectivity index (χ1v) is 9.20. The summed E-state index contributed by atoms with van der Waals surface area (Å²) >= 11 is 7.59. The van der Waals surface area contributed by atoms with Gasteiger partial charge < -0.3 is 10.1 Å². The van der Waals surface area contributed by atoms with E-state index in [4.69, 9.17) is 16.3 Å². The van der Waals surface area contributed by atoms with Crippen molar-refractivity contribution in [3.8, 4) is 5.75 Å². The SMILES string of the molecule is COc1cc(NC(=O)c2ccccc2C)c(Cl)cc1C(=O)Nc1nccs1. The summed E-state index contributed by atoms with van der Waals surface area (Å²) in [5, 5.41) is 7.88. The number of thiazole rings is 1. The van der Waals surface area contributed by atoms with Crippen LogP contribution in [0.4, 0.5) is 10.8 Å². The minimum atomic E-state index is -0.402. The Morgan fingerprint density at radius 2 is 1.85 bits per heavy atom. The van der Waals surface area contributed by atoms with Crippen molar-refractivity contribution in [3.63, 3.8) is 0 Å². The fourth-order valence-electron chi connectivity index (χ4n) is 2.46. The van der Waals surface area contributed by atoms with E-state index in [-0.39, 0.29) is 22.2 Å². The maximum atomic E-state index is 12.5. The van der Waals surface area contributed by atoms with E-state index in [9.17, 15) is 9.59 Å². The molecule has 0 bridgehead atoms. The molecule has 2 amide bonds. The summed E-state index contributed by atoms with van der Waals surface area (Å²) in [5.41, 5.74) is 1.98. The number of aromatic nitrogens is 1. The maximum absolute atomic E-state index is 12.5. The second kappa shape index (κ2) is 8.20. The largest absolute Gasteiger partial charge is 0.496 e. The third kappa shape index (κ3) is 4.27. The number of benzene rings is 2. The molecule has 0 saturated heterocycles. The minimum absolute atomic E-state index is 0.224. The lowest BCUT2D eigenvalue weighted by atomic mass is 10.1. The summed E-state index contributed by atoms with van der Waals surface area (Å²) < 4.78 is 5.30. The monoisotopic (exact) mass is 401 g/mol. The lowest BCUT2D eigenvalue weighted by Gasteiger charge is -2.14. The minimum Gasteiger partial charge on any atom is -0.496 e. The second-order valence-electron chi connectivity index (χ2n) is 5.59. The first-order valence-electron chi connectivity index (χ1n) is 7.95. The highest BCUT2D eigenvalue weighted by Gasteiger charge is 2.18. The molecule has 3 rings (SSSR count). The lowest BCUT2D eigenvalue weighted by Crippen LogP contribution is -2.16. The van der Waals surface area contributed by atoms with Gasteiger partial charge in [-0.2, -0.15) is 0 Å². The number of amides is 2. The molecule has 138 valence electrons. The number of halogens is 1. The molecule has 0 spiro atoms. The fourth-order valence-corrected chi connectivity index (χ4v) is 3.20. The molecule has 0 radical (unpaired) electrons. The maximum Gasteiger partial charge on any atom is 0.261 e. The van der Waals surface area contributed by atoms with E-state index in [1.807, 2.05) is 19.1 Å². The zero-order valence-corrected chi connectivity index (χ0v) is 16.1. The molecule has 0 aliphatic rings. The van der Waals surface area contributed by atoms with Gasteiger partial charge in [0.1, 0.15) is 5.75 Å². The van der Waals surface area contributed by atoms with Crippen LogP contribution in [0.25, 0.3) is 0 Å². The van der Waals surface area contributed by atoms with Gasteiger partial charge in [-0.25, -0.2) is 4.98 Å². The highest BCUT2D eigenvalue weighted by molar-refractivity contribution is 7.13. The molecule has 0 fully saturated rings. The van der Waals surface area contributed by atoms with Crippen LogP contribution in [0, 0.1) is 6.92 Å². The molecule has 2 aromatic carbocycles. The van der Waals surface area contributed by atoms with Gasteiger partial charge in [0.15, 0.2) is 5.13 Å². The van der Waals surface area contributed by atoms with Gasteiger partial charge in [-0.15, -0.1) is 11.3 Å². The molecule has 0 aliphatic heterocycles. The number of ether oxygens (including phenoxy) is 1. The standard InChI is InChI=1S/C19H16ClN3O3S/c1-11-5-3-4-6-12(11)17(24)22-15-10-16(26-2)13(9-14(15)20)18(25)23-19-21-7-8-27-19/h3-10H,1-2H3,(H,22,24)(H,21,23,25). The predicted molar refractivity (Wildman–Crippen MR) is 107 cm³/mol. The van der Waals surface area contributed by atoms with E-state index in [0.29, 0.717) is 16.4 Å². The van der Waals surface area contributed by atoms with Crippen molar-refractivity contribution >= 4 is 45.6 Å². The van der Waals surface area contributed by atoms with E-state index in [1.54, 1.807) is 23.7 Å². The summed E-state index contributed by atoms with van der Waals surface area (Å²) in [6.45, 7) is 1.85. The molecule has 3 aromatic rings. The number of nitrogens with zero attached hydrogens (tertiary/aromatic N) is 1. The Morgan fingerprint density at radius 1 is 1.11 bits per heavy atom. The average Bonchev–Trinajstić information content (AvgIpc) is 3.16. The van der Waals surface area contributed by atoms with Crippen molar-refractivity contribution in [3.05, 3.63) is 69.7 Å². The Kier molecular flexibility index (Phi) is 5.73. The van der Waals surface area contributed by atoms with E-state index >= 15 is 0 Å². The van der Waals surface area contributed by atoms with Gasteiger partial charge in [0.05, 0.1) is 23.4 Å². The van der Waals surface area contributed by atoms with Crippen LogP contribution >= 0.6 is 22.9 Å². The van der Waals surface area contributed by atoms with Crippen LogP contribution in [-0.4, -0.2) is 23.9 Å². The van der Waals surface area contributed by atoms with Gasteiger partial charge in [0.2, 0.25) is 0 Å². The summed E-state index contributed by atoms with van der Waals surface area (Å²) in [5.74, 6) is -0.411. The van der Waals surface area contributed by atoms with Gasteiger partial charge in [-0.05, 0) is 24.6 Å². The van der Waals surface area contributed by atoms with Crippen molar-refractivity contribution in [2.75, 3.05) is 17.7 Å². The average molecular weight is 402 g/mol. The van der Waals surface area contributed by atoms with Gasteiger partial charge in [0, 0.05) is 23.2 Å². The molecule has 0 aliphatic carbocycles. The third-order valence-corrected chi connectivity index (χ3v) is 4.83. The molecule has 0 saturated carbocycles. The van der Waals surface area contributed by atoms with Crippen LogP contribution in [0.5, 0.6) is 5.75 Å². The highest BCUT2D eigenvalue weighted by Crippen LogP contribution is 2.32.